The van der Waals surface area contributed by atoms with Gasteiger partial charge in [0, 0.05) is 0 Å². The monoisotopic (exact) mass is 221 g/mol. The van der Waals surface area contributed by atoms with Crippen molar-refractivity contribution in [3.05, 3.63) is 29.3 Å². The molecule has 0 atom stereocenters. The highest BCUT2D eigenvalue weighted by molar-refractivity contribution is 5.94. The molecule has 0 radical (unpaired) electrons. The number of aromatic carboxylic acids is 1. The molecule has 0 heterocycles. The van der Waals surface area contributed by atoms with Gasteiger partial charge in [0.1, 0.15) is 0 Å². The normalized spacial score (nSPS) is 11.2. The predicted molar refractivity (Wildman–Crippen MR) is 43.8 cm³/mol. The molecule has 4 nitrogen and oxygen atoms in total. The van der Waals surface area contributed by atoms with E-state index in [1.165, 1.54) is 5.48 Å². The van der Waals surface area contributed by atoms with Crippen LogP contribution < -0.4 is 5.48 Å². The Morgan fingerprint density at radius 2 is 1.93 bits per heavy atom. The lowest BCUT2D eigenvalue weighted by Crippen LogP contribution is -2.09. The van der Waals surface area contributed by atoms with Gasteiger partial charge in [-0.25, -0.2) is 4.79 Å². The minimum absolute atomic E-state index is 0.296. The van der Waals surface area contributed by atoms with Crippen LogP contribution in [0, 0.1) is 0 Å². The number of carboxylic acid groups (broad SMARTS) is 1. The summed E-state index contributed by atoms with van der Waals surface area (Å²) in [6.07, 6.45) is -4.61. The number of benzene rings is 1. The first kappa shape index (κ1) is 11.3. The van der Waals surface area contributed by atoms with Crippen LogP contribution in [0.5, 0.6) is 0 Å². The molecule has 82 valence electrons. The summed E-state index contributed by atoms with van der Waals surface area (Å²) in [5.41, 5.74) is -0.519. The van der Waals surface area contributed by atoms with Gasteiger partial charge in [-0.1, -0.05) is 0 Å². The van der Waals surface area contributed by atoms with Crippen LogP contribution in [0.25, 0.3) is 0 Å². The average molecular weight is 221 g/mol. The first-order valence-electron chi connectivity index (χ1n) is 3.71. The van der Waals surface area contributed by atoms with Crippen LogP contribution in [0.1, 0.15) is 15.9 Å². The Hall–Kier alpha value is -1.76. The zero-order valence-electron chi connectivity index (χ0n) is 7.17. The Labute approximate surface area is 81.9 Å². The summed E-state index contributed by atoms with van der Waals surface area (Å²) in [6.45, 7) is 0. The van der Waals surface area contributed by atoms with Gasteiger partial charge in [0.15, 0.2) is 0 Å². The molecule has 0 saturated carbocycles. The second-order valence-corrected chi connectivity index (χ2v) is 2.68. The van der Waals surface area contributed by atoms with Crippen molar-refractivity contribution in [2.45, 2.75) is 6.18 Å². The maximum Gasteiger partial charge on any atom is 0.416 e. The Morgan fingerprint density at radius 1 is 1.33 bits per heavy atom. The SMILES string of the molecule is O=C(O)c1cc(C(F)(F)F)ccc1NO. The van der Waals surface area contributed by atoms with E-state index in [9.17, 15) is 18.0 Å². The summed E-state index contributed by atoms with van der Waals surface area (Å²) in [5.74, 6) is -1.56. The fraction of sp³-hybridized carbons (Fsp3) is 0.125. The molecule has 0 saturated heterocycles. The molecule has 0 bridgehead atoms. The number of hydrogen-bond donors (Lipinski definition) is 3. The molecule has 3 N–H and O–H groups in total. The van der Waals surface area contributed by atoms with Crippen molar-refractivity contribution in [3.8, 4) is 0 Å². The van der Waals surface area contributed by atoms with Crippen molar-refractivity contribution >= 4 is 11.7 Å². The number of carboxylic acids is 1. The van der Waals surface area contributed by atoms with Gasteiger partial charge in [0.25, 0.3) is 0 Å². The summed E-state index contributed by atoms with van der Waals surface area (Å²) < 4.78 is 36.6. The molecule has 7 heteroatoms. The molecule has 0 aliphatic carbocycles. The highest BCUT2D eigenvalue weighted by atomic mass is 19.4. The van der Waals surface area contributed by atoms with Crippen molar-refractivity contribution < 1.29 is 28.3 Å². The predicted octanol–water partition coefficient (Wildman–Crippen LogP) is 2.20. The van der Waals surface area contributed by atoms with E-state index in [0.717, 1.165) is 6.07 Å². The van der Waals surface area contributed by atoms with Gasteiger partial charge in [-0.3, -0.25) is 10.7 Å². The van der Waals surface area contributed by atoms with E-state index in [2.05, 4.69) is 0 Å². The molecule has 0 aliphatic heterocycles. The molecule has 0 spiro atoms. The summed E-state index contributed by atoms with van der Waals surface area (Å²) >= 11 is 0. The molecule has 1 aromatic carbocycles. The van der Waals surface area contributed by atoms with Crippen LogP contribution in [0.2, 0.25) is 0 Å². The molecular formula is C8H6F3NO3. The number of hydrogen-bond acceptors (Lipinski definition) is 3. The van der Waals surface area contributed by atoms with Crippen molar-refractivity contribution in [2.75, 3.05) is 5.48 Å². The molecule has 15 heavy (non-hydrogen) atoms. The second-order valence-electron chi connectivity index (χ2n) is 2.68. The van der Waals surface area contributed by atoms with Crippen molar-refractivity contribution in [1.29, 1.82) is 0 Å². The standard InChI is InChI=1S/C8H6F3NO3/c9-8(10,11)4-1-2-6(12-15)5(3-4)7(13)14/h1-3,12,15H,(H,13,14). The number of alkyl halides is 3. The number of halogens is 3. The molecule has 1 rings (SSSR count). The van der Waals surface area contributed by atoms with E-state index in [4.69, 9.17) is 10.3 Å². The van der Waals surface area contributed by atoms with Gasteiger partial charge < -0.3 is 5.11 Å². The summed E-state index contributed by atoms with van der Waals surface area (Å²) in [4.78, 5) is 10.5. The van der Waals surface area contributed by atoms with Gasteiger partial charge in [-0.2, -0.15) is 13.2 Å². The zero-order chi connectivity index (χ0) is 11.6. The Balaban J connectivity index is 3.28. The van der Waals surface area contributed by atoms with E-state index < -0.39 is 23.3 Å². The zero-order valence-corrected chi connectivity index (χ0v) is 7.17. The van der Waals surface area contributed by atoms with Crippen molar-refractivity contribution in [1.82, 2.24) is 0 Å². The Kier molecular flexibility index (Phi) is 2.85. The average Bonchev–Trinajstić information content (AvgIpc) is 2.15. The van der Waals surface area contributed by atoms with Gasteiger partial charge in [-0.05, 0) is 18.2 Å². The fourth-order valence-corrected chi connectivity index (χ4v) is 0.995. The third-order valence-corrected chi connectivity index (χ3v) is 1.70. The minimum Gasteiger partial charge on any atom is -0.478 e. The molecule has 0 unspecified atom stereocenters. The van der Waals surface area contributed by atoms with Crippen LogP contribution in [0.4, 0.5) is 18.9 Å². The number of rotatable bonds is 2. The second kappa shape index (κ2) is 3.77. The number of carbonyl (C=O) groups is 1. The third kappa shape index (κ3) is 2.38. The summed E-state index contributed by atoms with van der Waals surface area (Å²) in [6, 6.07) is 1.96. The maximum absolute atomic E-state index is 12.2. The molecule has 0 aromatic heterocycles. The van der Waals surface area contributed by atoms with Gasteiger partial charge >= 0.3 is 12.1 Å². The number of anilines is 1. The van der Waals surface area contributed by atoms with Gasteiger partial charge in [0.2, 0.25) is 0 Å². The smallest absolute Gasteiger partial charge is 0.416 e. The van der Waals surface area contributed by atoms with Gasteiger partial charge in [-0.15, -0.1) is 0 Å². The first-order valence-corrected chi connectivity index (χ1v) is 3.71. The highest BCUT2D eigenvalue weighted by Crippen LogP contribution is 2.31. The minimum atomic E-state index is -4.61. The van der Waals surface area contributed by atoms with E-state index in [1.807, 2.05) is 0 Å². The highest BCUT2D eigenvalue weighted by Gasteiger charge is 2.31. The van der Waals surface area contributed by atoms with Crippen LogP contribution in [0.15, 0.2) is 18.2 Å². The molecule has 1 aromatic rings. The van der Waals surface area contributed by atoms with E-state index in [1.54, 1.807) is 0 Å². The van der Waals surface area contributed by atoms with Crippen LogP contribution in [-0.2, 0) is 6.18 Å². The quantitative estimate of drug-likeness (QED) is 0.669. The maximum atomic E-state index is 12.2. The van der Waals surface area contributed by atoms with Crippen LogP contribution in [-0.4, -0.2) is 16.3 Å². The third-order valence-electron chi connectivity index (χ3n) is 1.70. The lowest BCUT2D eigenvalue weighted by atomic mass is 10.1. The van der Waals surface area contributed by atoms with Crippen molar-refractivity contribution in [2.24, 2.45) is 0 Å². The summed E-state index contributed by atoms with van der Waals surface area (Å²) in [5, 5.41) is 17.0. The molecule has 0 aliphatic rings. The van der Waals surface area contributed by atoms with Crippen LogP contribution in [0.3, 0.4) is 0 Å². The Bertz CT molecular complexity index is 389. The Morgan fingerprint density at radius 3 is 2.33 bits per heavy atom. The number of nitrogens with one attached hydrogen (secondary N) is 1. The fourth-order valence-electron chi connectivity index (χ4n) is 0.995. The topological polar surface area (TPSA) is 69.6 Å². The molecular weight excluding hydrogens is 215 g/mol. The lowest BCUT2D eigenvalue weighted by molar-refractivity contribution is -0.137. The van der Waals surface area contributed by atoms with E-state index >= 15 is 0 Å². The summed E-state index contributed by atoms with van der Waals surface area (Å²) in [7, 11) is 0. The van der Waals surface area contributed by atoms with E-state index in [-0.39, 0.29) is 5.69 Å². The van der Waals surface area contributed by atoms with Crippen molar-refractivity contribution in [3.63, 3.8) is 0 Å². The largest absolute Gasteiger partial charge is 0.478 e. The van der Waals surface area contributed by atoms with Crippen LogP contribution >= 0.6 is 0 Å². The molecule has 0 amide bonds. The lowest BCUT2D eigenvalue weighted by Gasteiger charge is -2.09. The molecule has 0 fully saturated rings. The first-order chi connectivity index (χ1) is 6.86. The van der Waals surface area contributed by atoms with Gasteiger partial charge in [0.05, 0.1) is 16.8 Å². The van der Waals surface area contributed by atoms with E-state index in [0.29, 0.717) is 12.1 Å².